The van der Waals surface area contributed by atoms with Gasteiger partial charge >= 0.3 is 0 Å². The monoisotopic (exact) mass is 423 g/mol. The molecular formula is C19H19BrClNO3. The number of nitrogens with one attached hydrogen (secondary N) is 1. The third-order valence-electron chi connectivity index (χ3n) is 4.56. The predicted molar refractivity (Wildman–Crippen MR) is 101 cm³/mol. The first-order chi connectivity index (χ1) is 11.9. The molecule has 0 spiro atoms. The predicted octanol–water partition coefficient (Wildman–Crippen LogP) is 4.07. The Balaban J connectivity index is 1.79. The molecule has 6 heteroatoms. The van der Waals surface area contributed by atoms with E-state index in [0.717, 1.165) is 34.2 Å². The van der Waals surface area contributed by atoms with Crippen molar-refractivity contribution in [3.05, 3.63) is 62.6 Å². The highest BCUT2D eigenvalue weighted by atomic mass is 79.9. The fraction of sp³-hybridized carbons (Fsp3) is 0.316. The normalized spacial score (nSPS) is 19.2. The zero-order valence-electron chi connectivity index (χ0n) is 13.8. The molecule has 2 N–H and O–H groups in total. The van der Waals surface area contributed by atoms with Gasteiger partial charge in [0.1, 0.15) is 11.4 Å². The van der Waals surface area contributed by atoms with E-state index in [1.54, 1.807) is 25.3 Å². The zero-order valence-corrected chi connectivity index (χ0v) is 16.2. The van der Waals surface area contributed by atoms with Crippen LogP contribution in [0, 0.1) is 0 Å². The van der Waals surface area contributed by atoms with Crippen LogP contribution in [-0.4, -0.2) is 24.7 Å². The molecule has 1 atom stereocenters. The van der Waals surface area contributed by atoms with Gasteiger partial charge in [0, 0.05) is 4.47 Å². The Labute approximate surface area is 160 Å². The Morgan fingerprint density at radius 3 is 2.92 bits per heavy atom. The molecule has 0 fully saturated rings. The highest BCUT2D eigenvalue weighted by Crippen LogP contribution is 2.36. The molecule has 1 aliphatic carbocycles. The van der Waals surface area contributed by atoms with Gasteiger partial charge in [-0.3, -0.25) is 4.79 Å². The third-order valence-corrected chi connectivity index (χ3v) is 5.39. The lowest BCUT2D eigenvalue weighted by Crippen LogP contribution is -2.43. The van der Waals surface area contributed by atoms with Crippen LogP contribution < -0.4 is 10.1 Å². The first-order valence-electron chi connectivity index (χ1n) is 8.06. The standard InChI is InChI=1S/C19H19BrClNO3/c1-25-14-5-6-16-12(9-14)3-2-8-19(16,24)11-22-18(23)15-10-13(20)4-7-17(15)21/h4-7,9-10,24H,2-3,8,11H2,1H3,(H,22,23). The van der Waals surface area contributed by atoms with E-state index >= 15 is 0 Å². The van der Waals surface area contributed by atoms with Crippen molar-refractivity contribution in [3.8, 4) is 5.75 Å². The molecule has 0 heterocycles. The first kappa shape index (κ1) is 18.2. The van der Waals surface area contributed by atoms with Gasteiger partial charge in [-0.2, -0.15) is 0 Å². The Kier molecular flexibility index (Phi) is 5.37. The summed E-state index contributed by atoms with van der Waals surface area (Å²) in [7, 11) is 1.62. The maximum Gasteiger partial charge on any atom is 0.252 e. The molecule has 0 radical (unpaired) electrons. The average molecular weight is 425 g/mol. The molecule has 4 nitrogen and oxygen atoms in total. The lowest BCUT2D eigenvalue weighted by atomic mass is 9.79. The second kappa shape index (κ2) is 7.36. The van der Waals surface area contributed by atoms with Crippen LogP contribution in [-0.2, 0) is 12.0 Å². The van der Waals surface area contributed by atoms with Crippen molar-refractivity contribution in [3.63, 3.8) is 0 Å². The van der Waals surface area contributed by atoms with Crippen molar-refractivity contribution in [1.82, 2.24) is 5.32 Å². The first-order valence-corrected chi connectivity index (χ1v) is 9.23. The lowest BCUT2D eigenvalue weighted by Gasteiger charge is -2.35. The summed E-state index contributed by atoms with van der Waals surface area (Å²) in [6.07, 6.45) is 2.34. The van der Waals surface area contributed by atoms with Crippen LogP contribution in [0.2, 0.25) is 5.02 Å². The van der Waals surface area contributed by atoms with Crippen LogP contribution in [0.15, 0.2) is 40.9 Å². The van der Waals surface area contributed by atoms with E-state index < -0.39 is 5.60 Å². The fourth-order valence-electron chi connectivity index (χ4n) is 3.24. The van der Waals surface area contributed by atoms with E-state index in [0.29, 0.717) is 17.0 Å². The molecule has 25 heavy (non-hydrogen) atoms. The second-order valence-corrected chi connectivity index (χ2v) is 7.54. The number of carbonyl (C=O) groups is 1. The molecule has 1 aliphatic rings. The van der Waals surface area contributed by atoms with Gasteiger partial charge in [-0.15, -0.1) is 0 Å². The van der Waals surface area contributed by atoms with E-state index in [9.17, 15) is 9.90 Å². The van der Waals surface area contributed by atoms with Gasteiger partial charge in [0.2, 0.25) is 0 Å². The number of fused-ring (bicyclic) bond motifs is 1. The summed E-state index contributed by atoms with van der Waals surface area (Å²) < 4.78 is 6.03. The van der Waals surface area contributed by atoms with Gasteiger partial charge in [-0.1, -0.05) is 33.6 Å². The minimum absolute atomic E-state index is 0.133. The van der Waals surface area contributed by atoms with E-state index in [1.165, 1.54) is 0 Å². The van der Waals surface area contributed by atoms with Crippen LogP contribution in [0.4, 0.5) is 0 Å². The number of aliphatic hydroxyl groups is 1. The van der Waals surface area contributed by atoms with Crippen molar-refractivity contribution in [2.24, 2.45) is 0 Å². The Bertz CT molecular complexity index is 811. The molecule has 3 rings (SSSR count). The third kappa shape index (κ3) is 3.84. The number of benzene rings is 2. The van der Waals surface area contributed by atoms with E-state index in [2.05, 4.69) is 21.2 Å². The second-order valence-electron chi connectivity index (χ2n) is 6.22. The molecule has 0 saturated carbocycles. The van der Waals surface area contributed by atoms with Crippen LogP contribution in [0.5, 0.6) is 5.75 Å². The summed E-state index contributed by atoms with van der Waals surface area (Å²) in [4.78, 5) is 12.5. The van der Waals surface area contributed by atoms with Gasteiger partial charge in [0.05, 0.1) is 24.2 Å². The summed E-state index contributed by atoms with van der Waals surface area (Å²) in [6, 6.07) is 10.8. The maximum absolute atomic E-state index is 12.5. The van der Waals surface area contributed by atoms with Crippen LogP contribution >= 0.6 is 27.5 Å². The van der Waals surface area contributed by atoms with Gasteiger partial charge in [0.15, 0.2) is 0 Å². The van der Waals surface area contributed by atoms with Crippen molar-refractivity contribution < 1.29 is 14.6 Å². The van der Waals surface area contributed by atoms with Crippen molar-refractivity contribution in [2.45, 2.75) is 24.9 Å². The highest BCUT2D eigenvalue weighted by molar-refractivity contribution is 9.10. The molecule has 2 aromatic rings. The number of ether oxygens (including phenoxy) is 1. The average Bonchev–Trinajstić information content (AvgIpc) is 2.61. The molecular weight excluding hydrogens is 406 g/mol. The minimum atomic E-state index is -1.09. The Hall–Kier alpha value is -1.56. The zero-order chi connectivity index (χ0) is 18.0. The Morgan fingerprint density at radius 2 is 2.16 bits per heavy atom. The quantitative estimate of drug-likeness (QED) is 0.778. The van der Waals surface area contributed by atoms with Gasteiger partial charge in [0.25, 0.3) is 5.91 Å². The molecule has 0 aromatic heterocycles. The maximum atomic E-state index is 12.5. The molecule has 0 saturated heterocycles. The Morgan fingerprint density at radius 1 is 1.36 bits per heavy atom. The number of aryl methyl sites for hydroxylation is 1. The molecule has 0 bridgehead atoms. The summed E-state index contributed by atoms with van der Waals surface area (Å²) in [5.74, 6) is 0.466. The number of amides is 1. The van der Waals surface area contributed by atoms with Crippen LogP contribution in [0.1, 0.15) is 34.3 Å². The van der Waals surface area contributed by atoms with E-state index in [-0.39, 0.29) is 12.5 Å². The largest absolute Gasteiger partial charge is 0.497 e. The topological polar surface area (TPSA) is 58.6 Å². The lowest BCUT2D eigenvalue weighted by molar-refractivity contribution is 0.0189. The van der Waals surface area contributed by atoms with Gasteiger partial charge < -0.3 is 15.2 Å². The minimum Gasteiger partial charge on any atom is -0.497 e. The number of carbonyl (C=O) groups excluding carboxylic acids is 1. The molecule has 132 valence electrons. The molecule has 1 amide bonds. The van der Waals surface area contributed by atoms with E-state index in [4.69, 9.17) is 16.3 Å². The highest BCUT2D eigenvalue weighted by Gasteiger charge is 2.35. The molecule has 2 aromatic carbocycles. The number of halogens is 2. The van der Waals surface area contributed by atoms with Gasteiger partial charge in [-0.05, 0) is 60.7 Å². The summed E-state index contributed by atoms with van der Waals surface area (Å²) in [6.45, 7) is 0.133. The van der Waals surface area contributed by atoms with Crippen molar-refractivity contribution in [1.29, 1.82) is 0 Å². The number of hydrogen-bond acceptors (Lipinski definition) is 3. The van der Waals surface area contributed by atoms with E-state index in [1.807, 2.05) is 18.2 Å². The smallest absolute Gasteiger partial charge is 0.252 e. The number of methoxy groups -OCH3 is 1. The molecule has 1 unspecified atom stereocenters. The van der Waals surface area contributed by atoms with Crippen molar-refractivity contribution in [2.75, 3.05) is 13.7 Å². The summed E-state index contributed by atoms with van der Waals surface area (Å²) in [5.41, 5.74) is 1.20. The molecule has 0 aliphatic heterocycles. The van der Waals surface area contributed by atoms with Gasteiger partial charge in [-0.25, -0.2) is 0 Å². The number of hydrogen-bond donors (Lipinski definition) is 2. The van der Waals surface area contributed by atoms with Crippen LogP contribution in [0.3, 0.4) is 0 Å². The van der Waals surface area contributed by atoms with Crippen molar-refractivity contribution >= 4 is 33.4 Å². The van der Waals surface area contributed by atoms with Crippen LogP contribution in [0.25, 0.3) is 0 Å². The summed E-state index contributed by atoms with van der Waals surface area (Å²) in [5, 5.41) is 14.3. The number of rotatable bonds is 4. The summed E-state index contributed by atoms with van der Waals surface area (Å²) >= 11 is 9.44. The SMILES string of the molecule is COc1ccc2c(c1)CCCC2(O)CNC(=O)c1cc(Br)ccc1Cl. The fourth-order valence-corrected chi connectivity index (χ4v) is 3.81.